The number of morpholine rings is 1. The lowest BCUT2D eigenvalue weighted by molar-refractivity contribution is 0.00358. The third-order valence-electron chi connectivity index (χ3n) is 2.89. The van der Waals surface area contributed by atoms with Gasteiger partial charge in [-0.3, -0.25) is 4.79 Å². The molecule has 0 N–H and O–H groups in total. The van der Waals surface area contributed by atoms with Crippen molar-refractivity contribution in [2.24, 2.45) is 0 Å². The highest BCUT2D eigenvalue weighted by atomic mass is 32.1. The van der Waals surface area contributed by atoms with Crippen molar-refractivity contribution in [3.05, 3.63) is 10.6 Å². The first-order chi connectivity index (χ1) is 8.93. The van der Waals surface area contributed by atoms with Gasteiger partial charge in [-0.05, 0) is 11.5 Å². The molecule has 0 aliphatic carbocycles. The topological polar surface area (TPSA) is 79.1 Å². The summed E-state index contributed by atoms with van der Waals surface area (Å²) in [5.74, 6) is -0.108. The van der Waals surface area contributed by atoms with Gasteiger partial charge in [0.05, 0.1) is 24.9 Å². The van der Waals surface area contributed by atoms with E-state index in [1.165, 1.54) is 0 Å². The van der Waals surface area contributed by atoms with Crippen LogP contribution >= 0.6 is 11.5 Å². The molecule has 6 nitrogen and oxygen atoms in total. The van der Waals surface area contributed by atoms with Crippen LogP contribution in [0.3, 0.4) is 0 Å². The lowest BCUT2D eigenvalue weighted by Crippen LogP contribution is -2.45. The third kappa shape index (κ3) is 2.91. The van der Waals surface area contributed by atoms with E-state index in [2.05, 4.69) is 9.59 Å². The molecular formula is C12H16N4O2S. The number of hydrogen-bond acceptors (Lipinski definition) is 6. The first-order valence-corrected chi connectivity index (χ1v) is 6.84. The number of carbonyl (C=O) groups excluding carboxylic acids is 1. The van der Waals surface area contributed by atoms with Crippen molar-refractivity contribution in [2.75, 3.05) is 19.7 Å². The highest BCUT2D eigenvalue weighted by Crippen LogP contribution is 2.27. The van der Waals surface area contributed by atoms with Gasteiger partial charge in [0.15, 0.2) is 6.10 Å². The number of nitriles is 1. The van der Waals surface area contributed by atoms with E-state index in [0.717, 1.165) is 11.5 Å². The molecule has 1 unspecified atom stereocenters. The van der Waals surface area contributed by atoms with Crippen molar-refractivity contribution in [1.82, 2.24) is 14.5 Å². The first kappa shape index (κ1) is 13.9. The van der Waals surface area contributed by atoms with Crippen LogP contribution < -0.4 is 0 Å². The van der Waals surface area contributed by atoms with Gasteiger partial charge in [-0.1, -0.05) is 25.3 Å². The van der Waals surface area contributed by atoms with E-state index in [-0.39, 0.29) is 11.3 Å². The van der Waals surface area contributed by atoms with Gasteiger partial charge >= 0.3 is 0 Å². The largest absolute Gasteiger partial charge is 0.360 e. The number of ether oxygens (including phenoxy) is 1. The van der Waals surface area contributed by atoms with Gasteiger partial charge in [-0.15, -0.1) is 5.10 Å². The molecule has 2 rings (SSSR count). The lowest BCUT2D eigenvalue weighted by atomic mass is 9.91. The molecule has 102 valence electrons. The Morgan fingerprint density at radius 2 is 2.32 bits per heavy atom. The van der Waals surface area contributed by atoms with Gasteiger partial charge in [-0.25, -0.2) is 0 Å². The van der Waals surface area contributed by atoms with Crippen LogP contribution in [0.2, 0.25) is 0 Å². The van der Waals surface area contributed by atoms with E-state index >= 15 is 0 Å². The second kappa shape index (κ2) is 5.23. The molecule has 1 aromatic heterocycles. The number of aromatic nitrogens is 2. The normalized spacial score (nSPS) is 20.1. The minimum Gasteiger partial charge on any atom is -0.360 e. The van der Waals surface area contributed by atoms with Crippen LogP contribution in [0.25, 0.3) is 0 Å². The first-order valence-electron chi connectivity index (χ1n) is 6.07. The Kier molecular flexibility index (Phi) is 3.83. The van der Waals surface area contributed by atoms with E-state index < -0.39 is 6.10 Å². The summed E-state index contributed by atoms with van der Waals surface area (Å²) in [5, 5.41) is 12.9. The van der Waals surface area contributed by atoms with Gasteiger partial charge in [-0.2, -0.15) is 5.26 Å². The Balaban J connectivity index is 2.21. The maximum absolute atomic E-state index is 12.5. The lowest BCUT2D eigenvalue weighted by Gasteiger charge is -2.30. The van der Waals surface area contributed by atoms with Crippen LogP contribution in [0.1, 0.15) is 36.1 Å². The van der Waals surface area contributed by atoms with Crippen molar-refractivity contribution in [1.29, 1.82) is 5.26 Å². The highest BCUT2D eigenvalue weighted by molar-refractivity contribution is 7.08. The van der Waals surface area contributed by atoms with Crippen molar-refractivity contribution >= 4 is 17.4 Å². The molecule has 0 aromatic carbocycles. The van der Waals surface area contributed by atoms with Gasteiger partial charge in [0.25, 0.3) is 5.91 Å². The van der Waals surface area contributed by atoms with Crippen molar-refractivity contribution in [3.8, 4) is 6.07 Å². The molecule has 19 heavy (non-hydrogen) atoms. The summed E-state index contributed by atoms with van der Waals surface area (Å²) in [6, 6.07) is 2.03. The third-order valence-corrected chi connectivity index (χ3v) is 3.60. The van der Waals surface area contributed by atoms with Crippen LogP contribution in [-0.2, 0) is 10.2 Å². The summed E-state index contributed by atoms with van der Waals surface area (Å²) in [6.07, 6.45) is -0.545. The van der Waals surface area contributed by atoms with Crippen LogP contribution in [0.4, 0.5) is 0 Å². The Bertz CT molecular complexity index is 515. The average molecular weight is 280 g/mol. The maximum Gasteiger partial charge on any atom is 0.267 e. The van der Waals surface area contributed by atoms with E-state index in [1.807, 2.05) is 26.8 Å². The Morgan fingerprint density at radius 1 is 1.58 bits per heavy atom. The summed E-state index contributed by atoms with van der Waals surface area (Å²) in [4.78, 5) is 14.7. The van der Waals surface area contributed by atoms with Crippen LogP contribution in [-0.4, -0.2) is 46.2 Å². The average Bonchev–Trinajstić information content (AvgIpc) is 2.87. The summed E-state index contributed by atoms with van der Waals surface area (Å²) < 4.78 is 9.13. The Labute approximate surface area is 116 Å². The maximum atomic E-state index is 12.5. The minimum atomic E-state index is -0.545. The molecule has 1 aromatic rings. The zero-order chi connectivity index (χ0) is 14.0. The van der Waals surface area contributed by atoms with Gasteiger partial charge in [0.2, 0.25) is 0 Å². The predicted octanol–water partition coefficient (Wildman–Crippen LogP) is 1.20. The fourth-order valence-corrected chi connectivity index (χ4v) is 2.72. The predicted molar refractivity (Wildman–Crippen MR) is 69.9 cm³/mol. The monoisotopic (exact) mass is 280 g/mol. The number of carbonyl (C=O) groups is 1. The SMILES string of the molecule is CC(C)(C)c1nnsc1C(=O)N1CCOC(C#N)C1. The molecule has 7 heteroatoms. The second-order valence-corrected chi connectivity index (χ2v) is 6.19. The van der Waals surface area contributed by atoms with E-state index in [1.54, 1.807) is 4.90 Å². The smallest absolute Gasteiger partial charge is 0.267 e. The number of rotatable bonds is 1. The standard InChI is InChI=1S/C12H16N4O2S/c1-12(2,3)10-9(19-15-14-10)11(17)16-4-5-18-8(6-13)7-16/h8H,4-5,7H2,1-3H3. The minimum absolute atomic E-state index is 0.108. The van der Waals surface area contributed by atoms with Crippen LogP contribution in [0, 0.1) is 11.3 Å². The zero-order valence-electron chi connectivity index (χ0n) is 11.2. The Morgan fingerprint density at radius 3 is 2.95 bits per heavy atom. The molecule has 1 aliphatic heterocycles. The molecular weight excluding hydrogens is 264 g/mol. The molecule has 2 heterocycles. The van der Waals surface area contributed by atoms with Crippen molar-refractivity contribution in [3.63, 3.8) is 0 Å². The molecule has 0 radical (unpaired) electrons. The fraction of sp³-hybridized carbons (Fsp3) is 0.667. The summed E-state index contributed by atoms with van der Waals surface area (Å²) >= 11 is 1.11. The molecule has 0 saturated carbocycles. The quantitative estimate of drug-likeness (QED) is 0.772. The van der Waals surface area contributed by atoms with E-state index in [0.29, 0.717) is 30.3 Å². The van der Waals surface area contributed by atoms with Crippen LogP contribution in [0.5, 0.6) is 0 Å². The van der Waals surface area contributed by atoms with Crippen molar-refractivity contribution in [2.45, 2.75) is 32.3 Å². The fourth-order valence-electron chi connectivity index (χ4n) is 1.88. The summed E-state index contributed by atoms with van der Waals surface area (Å²) in [5.41, 5.74) is 0.487. The van der Waals surface area contributed by atoms with Gasteiger partial charge in [0.1, 0.15) is 4.88 Å². The molecule has 1 aliphatic rings. The molecule has 0 spiro atoms. The van der Waals surface area contributed by atoms with Crippen LogP contribution in [0.15, 0.2) is 0 Å². The molecule has 1 fully saturated rings. The number of nitrogens with zero attached hydrogens (tertiary/aromatic N) is 4. The number of hydrogen-bond donors (Lipinski definition) is 0. The second-order valence-electron chi connectivity index (χ2n) is 5.44. The van der Waals surface area contributed by atoms with Gasteiger partial charge in [0, 0.05) is 12.0 Å². The number of amides is 1. The summed E-state index contributed by atoms with van der Waals surface area (Å²) in [6.45, 7) is 7.18. The Hall–Kier alpha value is -1.52. The molecule has 1 amide bonds. The van der Waals surface area contributed by atoms with E-state index in [9.17, 15) is 4.79 Å². The zero-order valence-corrected chi connectivity index (χ0v) is 12.0. The van der Waals surface area contributed by atoms with E-state index in [4.69, 9.17) is 10.00 Å². The summed E-state index contributed by atoms with van der Waals surface area (Å²) in [7, 11) is 0. The molecule has 1 atom stereocenters. The molecule has 1 saturated heterocycles. The van der Waals surface area contributed by atoms with Crippen molar-refractivity contribution < 1.29 is 9.53 Å². The highest BCUT2D eigenvalue weighted by Gasteiger charge is 2.31. The molecule has 0 bridgehead atoms. The van der Waals surface area contributed by atoms with Gasteiger partial charge < -0.3 is 9.64 Å².